The molecule has 1 heterocycles. The average Bonchev–Trinajstić information content (AvgIpc) is 3.28. The second-order valence-electron chi connectivity index (χ2n) is 9.97. The van der Waals surface area contributed by atoms with Gasteiger partial charge in [-0.2, -0.15) is 5.10 Å². The van der Waals surface area contributed by atoms with Crippen molar-refractivity contribution >= 4 is 11.4 Å². The predicted molar refractivity (Wildman–Crippen MR) is 125 cm³/mol. The van der Waals surface area contributed by atoms with Crippen LogP contribution >= 0.6 is 0 Å². The van der Waals surface area contributed by atoms with Crippen LogP contribution in [0.3, 0.4) is 0 Å². The Kier molecular flexibility index (Phi) is 7.08. The molecule has 13 heteroatoms. The van der Waals surface area contributed by atoms with E-state index in [1.54, 1.807) is 26.0 Å². The molecule has 1 aliphatic heterocycles. The highest BCUT2D eigenvalue weighted by Gasteiger charge is 2.40. The summed E-state index contributed by atoms with van der Waals surface area (Å²) in [7, 11) is 0. The molecule has 0 amide bonds. The highest BCUT2D eigenvalue weighted by Crippen LogP contribution is 2.39. The molecule has 1 aliphatic carbocycles. The Morgan fingerprint density at radius 1 is 0.750 bits per heavy atom. The third kappa shape index (κ3) is 4.43. The SMILES string of the molecule is CC1=CC(C(C)(C)C)=C[C+](C)C1=C=C1C(c2c(F)c(F)c(F)c(F)c2F)=NNN1c1c(F)c(F)c(F)c(F)c1F. The fourth-order valence-electron chi connectivity index (χ4n) is 4.07. The van der Waals surface area contributed by atoms with E-state index in [0.29, 0.717) is 11.5 Å². The van der Waals surface area contributed by atoms with Gasteiger partial charge in [0.25, 0.3) is 0 Å². The number of allylic oxidation sites excluding steroid dienone is 5. The quantitative estimate of drug-likeness (QED) is 0.131. The van der Waals surface area contributed by atoms with Crippen LogP contribution < -0.4 is 10.5 Å². The zero-order chi connectivity index (χ0) is 30.0. The molecule has 0 aromatic heterocycles. The highest BCUT2D eigenvalue weighted by molar-refractivity contribution is 6.16. The lowest BCUT2D eigenvalue weighted by Crippen LogP contribution is -2.32. The van der Waals surface area contributed by atoms with E-state index in [1.165, 1.54) is 0 Å². The van der Waals surface area contributed by atoms with Crippen LogP contribution in [-0.4, -0.2) is 5.71 Å². The van der Waals surface area contributed by atoms with Crippen LogP contribution in [0.15, 0.2) is 45.4 Å². The second kappa shape index (κ2) is 9.81. The number of halogens is 10. The van der Waals surface area contributed by atoms with Crippen molar-refractivity contribution in [1.82, 2.24) is 5.53 Å². The van der Waals surface area contributed by atoms with Crippen molar-refractivity contribution in [2.24, 2.45) is 10.5 Å². The Hall–Kier alpha value is -4.12. The maximum atomic E-state index is 14.8. The van der Waals surface area contributed by atoms with Crippen molar-refractivity contribution in [1.29, 1.82) is 0 Å². The summed E-state index contributed by atoms with van der Waals surface area (Å²) in [5, 5.41) is 3.55. The number of rotatable bonds is 2. The Morgan fingerprint density at radius 3 is 1.65 bits per heavy atom. The summed E-state index contributed by atoms with van der Waals surface area (Å²) in [6.45, 7) is 8.87. The van der Waals surface area contributed by atoms with Crippen molar-refractivity contribution in [3.63, 3.8) is 0 Å². The van der Waals surface area contributed by atoms with Crippen molar-refractivity contribution in [3.8, 4) is 0 Å². The van der Waals surface area contributed by atoms with Crippen LogP contribution in [0, 0.1) is 69.5 Å². The highest BCUT2D eigenvalue weighted by atomic mass is 19.2. The summed E-state index contributed by atoms with van der Waals surface area (Å²) < 4.78 is 143. The van der Waals surface area contributed by atoms with Crippen molar-refractivity contribution in [2.75, 3.05) is 5.01 Å². The number of hydrogen-bond acceptors (Lipinski definition) is 3. The van der Waals surface area contributed by atoms with Gasteiger partial charge in [-0.1, -0.05) is 0 Å². The molecule has 0 spiro atoms. The zero-order valence-corrected chi connectivity index (χ0v) is 21.3. The number of nitrogens with zero attached hydrogens (tertiary/aromatic N) is 2. The molecule has 0 saturated carbocycles. The van der Waals surface area contributed by atoms with E-state index in [1.807, 2.05) is 26.3 Å². The molecule has 0 fully saturated rings. The summed E-state index contributed by atoms with van der Waals surface area (Å²) >= 11 is 0. The molecule has 0 unspecified atom stereocenters. The van der Waals surface area contributed by atoms with Gasteiger partial charge in [0.1, 0.15) is 11.4 Å². The number of nitrogens with one attached hydrogen (secondary N) is 1. The minimum Gasteiger partial charge on any atom is -0.213 e. The lowest BCUT2D eigenvalue weighted by molar-refractivity contribution is 0.377. The molecule has 210 valence electrons. The van der Waals surface area contributed by atoms with E-state index >= 15 is 0 Å². The van der Waals surface area contributed by atoms with Gasteiger partial charge >= 0.3 is 0 Å². The normalized spacial score (nSPS) is 15.7. The van der Waals surface area contributed by atoms with E-state index < -0.39 is 80.8 Å². The number of hydrazone groups is 1. The molecule has 3 nitrogen and oxygen atoms in total. The van der Waals surface area contributed by atoms with Crippen LogP contribution in [-0.2, 0) is 0 Å². The predicted octanol–water partition coefficient (Wildman–Crippen LogP) is 7.74. The summed E-state index contributed by atoms with van der Waals surface area (Å²) in [5.74, 6) is -23.4. The van der Waals surface area contributed by atoms with Crippen molar-refractivity contribution in [3.05, 3.63) is 110 Å². The average molecular weight is 574 g/mol. The number of anilines is 1. The van der Waals surface area contributed by atoms with Gasteiger partial charge in [-0.3, -0.25) is 0 Å². The second-order valence-corrected chi connectivity index (χ2v) is 9.97. The Balaban J connectivity index is 2.08. The molecule has 1 N–H and O–H groups in total. The number of hydrazine groups is 1. The first-order chi connectivity index (χ1) is 18.5. The standard InChI is InChI=1S/C27H18F10N3/c1-9-6-11(27(3,4)5)7-10(2)12(9)8-13-25(14-15(28)17(30)19(32)18(31)16(14)29)38-39-40(13)26-23(36)21(34)20(33)22(35)24(26)37/h6-7,39H,1-5H3/q+1. The van der Waals surface area contributed by atoms with Gasteiger partial charge in [-0.25, -0.2) is 54.4 Å². The fraction of sp³-hybridized carbons (Fsp3) is 0.222. The van der Waals surface area contributed by atoms with Gasteiger partial charge < -0.3 is 0 Å². The van der Waals surface area contributed by atoms with E-state index in [-0.39, 0.29) is 16.0 Å². The van der Waals surface area contributed by atoms with E-state index in [4.69, 9.17) is 0 Å². The third-order valence-electron chi connectivity index (χ3n) is 6.21. The zero-order valence-electron chi connectivity index (χ0n) is 21.3. The molecular formula is C27H18F10N3+. The third-order valence-corrected chi connectivity index (χ3v) is 6.21. The maximum Gasteiger partial charge on any atom is 0.200 e. The van der Waals surface area contributed by atoms with Crippen LogP contribution in [0.2, 0.25) is 0 Å². The van der Waals surface area contributed by atoms with E-state index in [0.717, 1.165) is 5.57 Å². The Labute approximate surface area is 221 Å². The van der Waals surface area contributed by atoms with Crippen molar-refractivity contribution in [2.45, 2.75) is 34.6 Å². The van der Waals surface area contributed by atoms with E-state index in [2.05, 4.69) is 10.8 Å². The minimum absolute atomic E-state index is 0.111. The molecule has 0 atom stereocenters. The molecule has 40 heavy (non-hydrogen) atoms. The fourth-order valence-corrected chi connectivity index (χ4v) is 4.07. The molecule has 0 radical (unpaired) electrons. The minimum atomic E-state index is -2.49. The van der Waals surface area contributed by atoms with Gasteiger partial charge in [-0.15, -0.1) is 0 Å². The summed E-state index contributed by atoms with van der Waals surface area (Å²) in [6, 6.07) is 0. The number of hydrogen-bond donors (Lipinski definition) is 1. The molecule has 2 aromatic carbocycles. The summed E-state index contributed by atoms with van der Waals surface area (Å²) in [6.07, 6.45) is 3.38. The molecule has 2 aliphatic rings. The maximum absolute atomic E-state index is 14.8. The van der Waals surface area contributed by atoms with Gasteiger partial charge in [-0.05, 0) is 34.6 Å². The van der Waals surface area contributed by atoms with Gasteiger partial charge in [0, 0.05) is 28.9 Å². The smallest absolute Gasteiger partial charge is 0.200 e. The Morgan fingerprint density at radius 2 is 1.20 bits per heavy atom. The van der Waals surface area contributed by atoms with Crippen LogP contribution in [0.5, 0.6) is 0 Å². The van der Waals surface area contributed by atoms with Crippen molar-refractivity contribution < 1.29 is 43.9 Å². The van der Waals surface area contributed by atoms with Gasteiger partial charge in [0.05, 0.1) is 17.1 Å². The monoisotopic (exact) mass is 574 g/mol. The largest absolute Gasteiger partial charge is 0.213 e. The lowest BCUT2D eigenvalue weighted by Gasteiger charge is -2.22. The molecular weight excluding hydrogens is 556 g/mol. The first kappa shape index (κ1) is 28.9. The van der Waals surface area contributed by atoms with Crippen LogP contribution in [0.25, 0.3) is 0 Å². The molecule has 4 rings (SSSR count). The first-order valence-electron chi connectivity index (χ1n) is 11.4. The summed E-state index contributed by atoms with van der Waals surface area (Å²) in [4.78, 5) is 0. The Bertz CT molecular complexity index is 1560. The number of benzene rings is 2. The van der Waals surface area contributed by atoms with Crippen LogP contribution in [0.4, 0.5) is 49.6 Å². The van der Waals surface area contributed by atoms with Gasteiger partial charge in [0.2, 0.25) is 11.6 Å². The summed E-state index contributed by atoms with van der Waals surface area (Å²) in [5.41, 5.74) is 0.157. The first-order valence-corrected chi connectivity index (χ1v) is 11.4. The lowest BCUT2D eigenvalue weighted by atomic mass is 9.77. The van der Waals surface area contributed by atoms with Crippen LogP contribution in [0.1, 0.15) is 40.2 Å². The molecule has 0 saturated heterocycles. The molecule has 2 aromatic rings. The molecule has 0 bridgehead atoms. The van der Waals surface area contributed by atoms with E-state index in [9.17, 15) is 43.9 Å². The van der Waals surface area contributed by atoms with Gasteiger partial charge in [0.15, 0.2) is 57.8 Å². The topological polar surface area (TPSA) is 27.6 Å².